The molecule has 0 heterocycles. The van der Waals surface area contributed by atoms with Gasteiger partial charge in [-0.15, -0.1) is 0 Å². The Morgan fingerprint density at radius 1 is 1.24 bits per heavy atom. The minimum atomic E-state index is -0.389. The Morgan fingerprint density at radius 3 is 2.47 bits per heavy atom. The van der Waals surface area contributed by atoms with Crippen LogP contribution in [-0.2, 0) is 14.3 Å². The summed E-state index contributed by atoms with van der Waals surface area (Å²) in [6.45, 7) is 3.58. The zero-order valence-electron chi connectivity index (χ0n) is 10.5. The maximum absolute atomic E-state index is 11.7. The van der Waals surface area contributed by atoms with Gasteiger partial charge in [-0.25, -0.2) is 0 Å². The van der Waals surface area contributed by atoms with Crippen molar-refractivity contribution >= 4 is 11.8 Å². The second-order valence-corrected chi connectivity index (χ2v) is 5.12. The Balaban J connectivity index is 1.72. The van der Waals surface area contributed by atoms with E-state index in [1.807, 2.05) is 0 Å². The summed E-state index contributed by atoms with van der Waals surface area (Å²) in [7, 11) is 0. The predicted octanol–water partition coefficient (Wildman–Crippen LogP) is 1.38. The molecule has 0 aromatic heterocycles. The molecule has 4 heteroatoms. The number of nitrogens with zero attached hydrogens (tertiary/aromatic N) is 1. The number of hydrogen-bond donors (Lipinski definition) is 0. The summed E-state index contributed by atoms with van der Waals surface area (Å²) in [5, 5.41) is 0. The van der Waals surface area contributed by atoms with Gasteiger partial charge in [0.2, 0.25) is 0 Å². The molecule has 2 aliphatic carbocycles. The molecular weight excluding hydrogens is 218 g/mol. The molecule has 0 atom stereocenters. The van der Waals surface area contributed by atoms with Gasteiger partial charge in [-0.05, 0) is 38.5 Å². The lowest BCUT2D eigenvalue weighted by Gasteiger charge is -2.20. The van der Waals surface area contributed by atoms with Gasteiger partial charge in [0.25, 0.3) is 0 Å². The van der Waals surface area contributed by atoms with Crippen molar-refractivity contribution in [1.82, 2.24) is 4.90 Å². The van der Waals surface area contributed by atoms with Gasteiger partial charge in [0, 0.05) is 12.6 Å². The van der Waals surface area contributed by atoms with Crippen LogP contribution in [0.5, 0.6) is 0 Å². The topological polar surface area (TPSA) is 46.6 Å². The van der Waals surface area contributed by atoms with Gasteiger partial charge in [0.1, 0.15) is 6.42 Å². The average Bonchev–Trinajstić information content (AvgIpc) is 3.12. The van der Waals surface area contributed by atoms with Crippen LogP contribution >= 0.6 is 0 Å². The van der Waals surface area contributed by atoms with E-state index >= 15 is 0 Å². The number of ketones is 1. The average molecular weight is 239 g/mol. The van der Waals surface area contributed by atoms with Crippen LogP contribution in [0.25, 0.3) is 0 Å². The van der Waals surface area contributed by atoms with E-state index in [0.29, 0.717) is 19.2 Å². The molecule has 0 aliphatic heterocycles. The SMILES string of the molecule is CCOC(=O)CC(=O)CN(CC1CC1)C1CC1. The number of hydrogen-bond acceptors (Lipinski definition) is 4. The van der Waals surface area contributed by atoms with E-state index in [1.54, 1.807) is 6.92 Å². The van der Waals surface area contributed by atoms with Gasteiger partial charge in [-0.1, -0.05) is 0 Å². The zero-order valence-corrected chi connectivity index (χ0v) is 10.5. The first-order chi connectivity index (χ1) is 8.19. The predicted molar refractivity (Wildman–Crippen MR) is 63.6 cm³/mol. The van der Waals surface area contributed by atoms with Crippen LogP contribution in [0.1, 0.15) is 39.0 Å². The molecule has 0 unspecified atom stereocenters. The van der Waals surface area contributed by atoms with Gasteiger partial charge >= 0.3 is 5.97 Å². The van der Waals surface area contributed by atoms with Crippen LogP contribution in [0.3, 0.4) is 0 Å². The van der Waals surface area contributed by atoms with E-state index in [2.05, 4.69) is 4.90 Å². The number of ether oxygens (including phenoxy) is 1. The second kappa shape index (κ2) is 5.63. The molecule has 0 amide bonds. The molecule has 2 aliphatic rings. The second-order valence-electron chi connectivity index (χ2n) is 5.12. The van der Waals surface area contributed by atoms with Gasteiger partial charge in [-0.3, -0.25) is 14.5 Å². The number of Topliss-reactive ketones (excluding diaryl/α,β-unsaturated/α-hetero) is 1. The molecule has 0 aromatic carbocycles. The fraction of sp³-hybridized carbons (Fsp3) is 0.846. The molecule has 17 heavy (non-hydrogen) atoms. The molecule has 4 nitrogen and oxygen atoms in total. The maximum Gasteiger partial charge on any atom is 0.313 e. The molecule has 0 spiro atoms. The highest BCUT2D eigenvalue weighted by Crippen LogP contribution is 2.34. The third-order valence-electron chi connectivity index (χ3n) is 3.28. The minimum absolute atomic E-state index is 0.00370. The lowest BCUT2D eigenvalue weighted by molar-refractivity contribution is -0.145. The molecule has 0 N–H and O–H groups in total. The highest BCUT2D eigenvalue weighted by molar-refractivity contribution is 5.96. The van der Waals surface area contributed by atoms with Crippen molar-refractivity contribution in [2.75, 3.05) is 19.7 Å². The largest absolute Gasteiger partial charge is 0.466 e. The van der Waals surface area contributed by atoms with Gasteiger partial charge < -0.3 is 4.74 Å². The van der Waals surface area contributed by atoms with E-state index < -0.39 is 0 Å². The Hall–Kier alpha value is -0.900. The number of carbonyl (C=O) groups excluding carboxylic acids is 2. The van der Waals surface area contributed by atoms with Crippen LogP contribution in [-0.4, -0.2) is 42.4 Å². The number of carbonyl (C=O) groups is 2. The molecule has 0 saturated heterocycles. The summed E-state index contributed by atoms with van der Waals surface area (Å²) < 4.78 is 4.79. The van der Waals surface area contributed by atoms with Gasteiger partial charge in [-0.2, -0.15) is 0 Å². The van der Waals surface area contributed by atoms with E-state index in [0.717, 1.165) is 12.5 Å². The Kier molecular flexibility index (Phi) is 4.15. The summed E-state index contributed by atoms with van der Waals surface area (Å²) in [4.78, 5) is 25.2. The first-order valence-electron chi connectivity index (χ1n) is 6.60. The van der Waals surface area contributed by atoms with Crippen LogP contribution in [0.2, 0.25) is 0 Å². The zero-order chi connectivity index (χ0) is 12.3. The first kappa shape index (κ1) is 12.6. The smallest absolute Gasteiger partial charge is 0.313 e. The monoisotopic (exact) mass is 239 g/mol. The van der Waals surface area contributed by atoms with E-state index in [9.17, 15) is 9.59 Å². The summed E-state index contributed by atoms with van der Waals surface area (Å²) in [6.07, 6.45) is 4.95. The van der Waals surface area contributed by atoms with E-state index in [1.165, 1.54) is 25.7 Å². The lowest BCUT2D eigenvalue weighted by Crippen LogP contribution is -2.34. The van der Waals surface area contributed by atoms with Crippen molar-refractivity contribution in [2.45, 2.75) is 45.1 Å². The van der Waals surface area contributed by atoms with Crippen molar-refractivity contribution in [2.24, 2.45) is 5.92 Å². The maximum atomic E-state index is 11.7. The molecule has 0 radical (unpaired) electrons. The molecule has 2 saturated carbocycles. The van der Waals surface area contributed by atoms with Crippen molar-refractivity contribution in [3.63, 3.8) is 0 Å². The quantitative estimate of drug-likeness (QED) is 0.474. The van der Waals surface area contributed by atoms with Crippen molar-refractivity contribution in [3.05, 3.63) is 0 Å². The first-order valence-corrected chi connectivity index (χ1v) is 6.60. The summed E-state index contributed by atoms with van der Waals surface area (Å²) >= 11 is 0. The number of rotatable bonds is 8. The molecule has 0 aromatic rings. The molecule has 96 valence electrons. The fourth-order valence-electron chi connectivity index (χ4n) is 2.07. The Morgan fingerprint density at radius 2 is 1.94 bits per heavy atom. The molecule has 2 fully saturated rings. The van der Waals surface area contributed by atoms with Crippen LogP contribution < -0.4 is 0 Å². The molecule has 2 rings (SSSR count). The normalized spacial score (nSPS) is 19.4. The van der Waals surface area contributed by atoms with E-state index in [-0.39, 0.29) is 18.2 Å². The van der Waals surface area contributed by atoms with E-state index in [4.69, 9.17) is 4.74 Å². The summed E-state index contributed by atoms with van der Waals surface area (Å²) in [5.74, 6) is 0.404. The van der Waals surface area contributed by atoms with Gasteiger partial charge in [0.15, 0.2) is 5.78 Å². The van der Waals surface area contributed by atoms with Crippen LogP contribution in [0.4, 0.5) is 0 Å². The van der Waals surface area contributed by atoms with Crippen molar-refractivity contribution in [1.29, 1.82) is 0 Å². The van der Waals surface area contributed by atoms with Gasteiger partial charge in [0.05, 0.1) is 13.2 Å². The Bertz CT molecular complexity index is 295. The fourth-order valence-corrected chi connectivity index (χ4v) is 2.07. The third kappa shape index (κ3) is 4.46. The molecule has 0 bridgehead atoms. The standard InChI is InChI=1S/C13H21NO3/c1-2-17-13(16)7-12(15)9-14(11-5-6-11)8-10-3-4-10/h10-11H,2-9H2,1H3. The third-order valence-corrected chi connectivity index (χ3v) is 3.28. The Labute approximate surface area is 102 Å². The highest BCUT2D eigenvalue weighted by atomic mass is 16.5. The summed E-state index contributed by atoms with van der Waals surface area (Å²) in [6, 6.07) is 0.599. The minimum Gasteiger partial charge on any atom is -0.466 e. The highest BCUT2D eigenvalue weighted by Gasteiger charge is 2.34. The van der Waals surface area contributed by atoms with Crippen LogP contribution in [0.15, 0.2) is 0 Å². The molecular formula is C13H21NO3. The number of esters is 1. The lowest BCUT2D eigenvalue weighted by atomic mass is 10.2. The van der Waals surface area contributed by atoms with Crippen molar-refractivity contribution < 1.29 is 14.3 Å². The van der Waals surface area contributed by atoms with Crippen molar-refractivity contribution in [3.8, 4) is 0 Å². The summed E-state index contributed by atoms with van der Waals surface area (Å²) in [5.41, 5.74) is 0. The van der Waals surface area contributed by atoms with Crippen LogP contribution in [0, 0.1) is 5.92 Å².